The van der Waals surface area contributed by atoms with Crippen LogP contribution in [0, 0.1) is 5.82 Å². The molecule has 1 aliphatic heterocycles. The summed E-state index contributed by atoms with van der Waals surface area (Å²) in [5.41, 5.74) is 0.251. The number of carbonyl (C=O) groups is 1. The Balaban J connectivity index is 1.86. The molecule has 1 aliphatic rings. The van der Waals surface area contributed by atoms with Crippen LogP contribution in [-0.2, 0) is 4.79 Å². The maximum absolute atomic E-state index is 13.3. The van der Waals surface area contributed by atoms with Gasteiger partial charge >= 0.3 is 0 Å². The monoisotopic (exact) mass is 254 g/mol. The summed E-state index contributed by atoms with van der Waals surface area (Å²) in [6, 6.07) is 6.40. The lowest BCUT2D eigenvalue weighted by Crippen LogP contribution is -2.39. The molecule has 0 radical (unpaired) electrons. The van der Waals surface area contributed by atoms with E-state index in [0.29, 0.717) is 6.42 Å². The van der Waals surface area contributed by atoms with Crippen molar-refractivity contribution in [2.24, 2.45) is 0 Å². The van der Waals surface area contributed by atoms with Crippen LogP contribution in [0.2, 0.25) is 0 Å². The van der Waals surface area contributed by atoms with Crippen molar-refractivity contribution in [3.63, 3.8) is 0 Å². The van der Waals surface area contributed by atoms with E-state index in [9.17, 15) is 9.18 Å². The van der Waals surface area contributed by atoms with E-state index in [-0.39, 0.29) is 17.6 Å². The van der Waals surface area contributed by atoms with E-state index < -0.39 is 5.82 Å². The quantitative estimate of drug-likeness (QED) is 0.865. The van der Waals surface area contributed by atoms with Crippen LogP contribution < -0.4 is 10.6 Å². The minimum atomic E-state index is -0.396. The molecule has 2 N–H and O–H groups in total. The minimum absolute atomic E-state index is 0.143. The molecule has 0 bridgehead atoms. The van der Waals surface area contributed by atoms with Crippen LogP contribution in [0.4, 0.5) is 10.1 Å². The molecule has 1 amide bonds. The fourth-order valence-corrected chi connectivity index (χ4v) is 2.69. The summed E-state index contributed by atoms with van der Waals surface area (Å²) in [4.78, 5) is 11.7. The summed E-state index contributed by atoms with van der Waals surface area (Å²) < 4.78 is 13.3. The molecule has 92 valence electrons. The van der Waals surface area contributed by atoms with Crippen molar-refractivity contribution in [3.05, 3.63) is 30.1 Å². The second-order valence-electron chi connectivity index (χ2n) is 3.96. The van der Waals surface area contributed by atoms with Gasteiger partial charge in [-0.05, 0) is 12.1 Å². The molecule has 1 atom stereocenters. The number of carbonyl (C=O) groups excluding carboxylic acids is 1. The van der Waals surface area contributed by atoms with Gasteiger partial charge in [0.15, 0.2) is 0 Å². The van der Waals surface area contributed by atoms with Gasteiger partial charge in [-0.25, -0.2) is 4.39 Å². The van der Waals surface area contributed by atoms with Gasteiger partial charge in [0.2, 0.25) is 5.91 Å². The van der Waals surface area contributed by atoms with Gasteiger partial charge in [-0.1, -0.05) is 12.1 Å². The second kappa shape index (κ2) is 6.02. The molecule has 0 spiro atoms. The summed E-state index contributed by atoms with van der Waals surface area (Å²) in [6.45, 7) is 0.933. The average molecular weight is 254 g/mol. The van der Waals surface area contributed by atoms with Gasteiger partial charge in [0.05, 0.1) is 5.69 Å². The Bertz CT molecular complexity index is 394. The summed E-state index contributed by atoms with van der Waals surface area (Å²) in [5.74, 6) is 1.48. The van der Waals surface area contributed by atoms with Crippen molar-refractivity contribution < 1.29 is 9.18 Å². The molecule has 1 saturated heterocycles. The van der Waals surface area contributed by atoms with Crippen LogP contribution in [-0.4, -0.2) is 30.0 Å². The fourth-order valence-electron chi connectivity index (χ4n) is 1.74. The van der Waals surface area contributed by atoms with Crippen molar-refractivity contribution in [1.82, 2.24) is 5.32 Å². The third-order valence-corrected chi connectivity index (χ3v) is 3.71. The van der Waals surface area contributed by atoms with E-state index in [1.807, 2.05) is 11.8 Å². The predicted molar refractivity (Wildman–Crippen MR) is 68.8 cm³/mol. The fraction of sp³-hybridized carbons (Fsp3) is 0.417. The van der Waals surface area contributed by atoms with Gasteiger partial charge in [0.1, 0.15) is 5.82 Å². The highest BCUT2D eigenvalue weighted by molar-refractivity contribution is 7.99. The summed E-state index contributed by atoms with van der Waals surface area (Å²) in [6.07, 6.45) is 0.390. The van der Waals surface area contributed by atoms with Gasteiger partial charge in [-0.2, -0.15) is 11.8 Å². The third kappa shape index (κ3) is 3.71. The minimum Gasteiger partial charge on any atom is -0.324 e. The Hall–Kier alpha value is -1.07. The van der Waals surface area contributed by atoms with Gasteiger partial charge in [0, 0.05) is 30.5 Å². The molecular formula is C12H15FN2OS. The Morgan fingerprint density at radius 1 is 1.53 bits per heavy atom. The molecule has 1 fully saturated rings. The van der Waals surface area contributed by atoms with Crippen LogP contribution in [0.15, 0.2) is 24.3 Å². The molecule has 17 heavy (non-hydrogen) atoms. The van der Waals surface area contributed by atoms with Gasteiger partial charge in [-0.15, -0.1) is 0 Å². The van der Waals surface area contributed by atoms with E-state index in [1.54, 1.807) is 18.2 Å². The highest BCUT2D eigenvalue weighted by Gasteiger charge is 2.17. The molecule has 1 aromatic rings. The molecule has 0 saturated carbocycles. The zero-order valence-corrected chi connectivity index (χ0v) is 10.2. The molecule has 5 heteroatoms. The molecule has 0 aliphatic carbocycles. The van der Waals surface area contributed by atoms with Crippen molar-refractivity contribution in [2.75, 3.05) is 23.4 Å². The number of amides is 1. The summed E-state index contributed by atoms with van der Waals surface area (Å²) in [5, 5.41) is 5.87. The van der Waals surface area contributed by atoms with E-state index in [4.69, 9.17) is 0 Å². The maximum atomic E-state index is 13.3. The number of rotatable bonds is 3. The lowest BCUT2D eigenvalue weighted by Gasteiger charge is -2.22. The molecule has 1 heterocycles. The van der Waals surface area contributed by atoms with Crippen LogP contribution >= 0.6 is 11.8 Å². The molecule has 1 unspecified atom stereocenters. The predicted octanol–water partition coefficient (Wildman–Crippen LogP) is 1.86. The molecule has 1 aromatic carbocycles. The Labute approximate surface area is 104 Å². The van der Waals surface area contributed by atoms with Crippen molar-refractivity contribution >= 4 is 23.4 Å². The SMILES string of the molecule is O=C(CC1CSCCN1)Nc1ccccc1F. The Morgan fingerprint density at radius 2 is 2.35 bits per heavy atom. The number of benzene rings is 1. The highest BCUT2D eigenvalue weighted by atomic mass is 32.2. The van der Waals surface area contributed by atoms with Crippen LogP contribution in [0.5, 0.6) is 0 Å². The van der Waals surface area contributed by atoms with E-state index in [1.165, 1.54) is 6.07 Å². The normalized spacial score (nSPS) is 19.9. The number of anilines is 1. The molecule has 3 nitrogen and oxygen atoms in total. The number of halogens is 1. The van der Waals surface area contributed by atoms with Crippen LogP contribution in [0.1, 0.15) is 6.42 Å². The number of hydrogen-bond acceptors (Lipinski definition) is 3. The van der Waals surface area contributed by atoms with Gasteiger partial charge < -0.3 is 10.6 Å². The zero-order chi connectivity index (χ0) is 12.1. The first-order valence-corrected chi connectivity index (χ1v) is 6.76. The van der Waals surface area contributed by atoms with Crippen molar-refractivity contribution in [2.45, 2.75) is 12.5 Å². The molecule has 2 rings (SSSR count). The number of thioether (sulfide) groups is 1. The summed E-state index contributed by atoms with van der Waals surface area (Å²) in [7, 11) is 0. The van der Waals surface area contributed by atoms with E-state index in [2.05, 4.69) is 10.6 Å². The van der Waals surface area contributed by atoms with Crippen LogP contribution in [0.3, 0.4) is 0 Å². The van der Waals surface area contributed by atoms with Gasteiger partial charge in [-0.3, -0.25) is 4.79 Å². The maximum Gasteiger partial charge on any atom is 0.226 e. The van der Waals surface area contributed by atoms with E-state index in [0.717, 1.165) is 18.1 Å². The topological polar surface area (TPSA) is 41.1 Å². The largest absolute Gasteiger partial charge is 0.324 e. The first kappa shape index (κ1) is 12.4. The smallest absolute Gasteiger partial charge is 0.226 e. The third-order valence-electron chi connectivity index (χ3n) is 2.58. The van der Waals surface area contributed by atoms with E-state index >= 15 is 0 Å². The molecule has 0 aromatic heterocycles. The Morgan fingerprint density at radius 3 is 3.06 bits per heavy atom. The van der Waals surface area contributed by atoms with Crippen molar-refractivity contribution in [1.29, 1.82) is 0 Å². The second-order valence-corrected chi connectivity index (χ2v) is 5.11. The van der Waals surface area contributed by atoms with Crippen LogP contribution in [0.25, 0.3) is 0 Å². The highest BCUT2D eigenvalue weighted by Crippen LogP contribution is 2.14. The standard InChI is InChI=1S/C12H15FN2OS/c13-10-3-1-2-4-11(10)15-12(16)7-9-8-17-6-5-14-9/h1-4,9,14H,5-8H2,(H,15,16). The lowest BCUT2D eigenvalue weighted by molar-refractivity contribution is -0.116. The zero-order valence-electron chi connectivity index (χ0n) is 9.41. The number of nitrogens with one attached hydrogen (secondary N) is 2. The summed E-state index contributed by atoms with van der Waals surface area (Å²) >= 11 is 1.84. The first-order chi connectivity index (χ1) is 8.25. The average Bonchev–Trinajstić information content (AvgIpc) is 2.33. The lowest BCUT2D eigenvalue weighted by atomic mass is 10.2. The number of para-hydroxylation sites is 1. The first-order valence-electron chi connectivity index (χ1n) is 5.61. The van der Waals surface area contributed by atoms with Crippen molar-refractivity contribution in [3.8, 4) is 0 Å². The van der Waals surface area contributed by atoms with Gasteiger partial charge in [0.25, 0.3) is 0 Å². The molecular weight excluding hydrogens is 239 g/mol. The Kier molecular flexibility index (Phi) is 4.39. The number of hydrogen-bond donors (Lipinski definition) is 2.